The Balaban J connectivity index is 2.25. The molecule has 0 spiro atoms. The van der Waals surface area contributed by atoms with Crippen LogP contribution in [0.1, 0.15) is 38.9 Å². The number of pyridine rings is 1. The number of hydrogen-bond acceptors (Lipinski definition) is 3. The first-order chi connectivity index (χ1) is 8.50. The number of rotatable bonds is 7. The molecule has 0 bridgehead atoms. The van der Waals surface area contributed by atoms with Gasteiger partial charge in [-0.3, -0.25) is 4.98 Å². The molecule has 1 rings (SSSR count). The second kappa shape index (κ2) is 7.44. The van der Waals surface area contributed by atoms with Crippen molar-refractivity contribution in [3.63, 3.8) is 0 Å². The predicted molar refractivity (Wildman–Crippen MR) is 73.0 cm³/mol. The van der Waals surface area contributed by atoms with Crippen LogP contribution < -0.4 is 5.32 Å². The van der Waals surface area contributed by atoms with Crippen LogP contribution >= 0.6 is 0 Å². The van der Waals surface area contributed by atoms with Gasteiger partial charge in [-0.05, 0) is 59.5 Å². The Morgan fingerprint density at radius 1 is 1.33 bits per heavy atom. The van der Waals surface area contributed by atoms with E-state index in [9.17, 15) is 4.39 Å². The molecular weight excluding hydrogens is 229 g/mol. The fourth-order valence-corrected chi connectivity index (χ4v) is 1.65. The van der Waals surface area contributed by atoms with Gasteiger partial charge in [-0.2, -0.15) is 0 Å². The van der Waals surface area contributed by atoms with Gasteiger partial charge >= 0.3 is 0 Å². The molecule has 1 aromatic heterocycles. The van der Waals surface area contributed by atoms with Gasteiger partial charge in [0.2, 0.25) is 0 Å². The summed E-state index contributed by atoms with van der Waals surface area (Å²) in [5, 5.41) is 3.40. The average molecular weight is 253 g/mol. The largest absolute Gasteiger partial charge is 0.309 e. The molecule has 1 atom stereocenters. The van der Waals surface area contributed by atoms with Crippen LogP contribution in [0.4, 0.5) is 4.39 Å². The van der Waals surface area contributed by atoms with Gasteiger partial charge in [-0.1, -0.05) is 0 Å². The number of halogens is 1. The van der Waals surface area contributed by atoms with Gasteiger partial charge in [0.15, 0.2) is 0 Å². The molecule has 0 saturated carbocycles. The Bertz CT molecular complexity index is 337. The van der Waals surface area contributed by atoms with E-state index in [0.717, 1.165) is 25.2 Å². The van der Waals surface area contributed by atoms with E-state index in [1.807, 2.05) is 6.92 Å². The summed E-state index contributed by atoms with van der Waals surface area (Å²) < 4.78 is 12.7. The van der Waals surface area contributed by atoms with E-state index in [1.54, 1.807) is 6.07 Å². The normalized spacial score (nSPS) is 13.3. The summed E-state index contributed by atoms with van der Waals surface area (Å²) in [6, 6.07) is 3.93. The summed E-state index contributed by atoms with van der Waals surface area (Å²) in [7, 11) is 2.13. The smallest absolute Gasteiger partial charge is 0.141 e. The molecule has 0 aliphatic heterocycles. The minimum absolute atomic E-state index is 0.162. The molecule has 4 heteroatoms. The summed E-state index contributed by atoms with van der Waals surface area (Å²) >= 11 is 0. The van der Waals surface area contributed by atoms with Crippen molar-refractivity contribution in [2.24, 2.45) is 0 Å². The van der Waals surface area contributed by atoms with Crippen molar-refractivity contribution in [2.45, 2.75) is 39.3 Å². The average Bonchev–Trinajstić information content (AvgIpc) is 2.34. The number of nitrogens with one attached hydrogen (secondary N) is 1. The second-order valence-electron chi connectivity index (χ2n) is 5.01. The molecule has 0 fully saturated rings. The Kier molecular flexibility index (Phi) is 6.22. The summed E-state index contributed by atoms with van der Waals surface area (Å²) in [6.45, 7) is 8.45. The molecule has 3 nitrogen and oxygen atoms in total. The summed E-state index contributed by atoms with van der Waals surface area (Å²) in [5.74, 6) is -0.287. The van der Waals surface area contributed by atoms with Crippen LogP contribution in [0.2, 0.25) is 0 Å². The molecule has 0 saturated heterocycles. The Morgan fingerprint density at radius 2 is 2.06 bits per heavy atom. The van der Waals surface area contributed by atoms with Gasteiger partial charge in [-0.15, -0.1) is 0 Å². The van der Waals surface area contributed by atoms with E-state index in [1.165, 1.54) is 12.3 Å². The summed E-state index contributed by atoms with van der Waals surface area (Å²) in [6.07, 6.45) is 2.36. The van der Waals surface area contributed by atoms with E-state index >= 15 is 0 Å². The topological polar surface area (TPSA) is 28.2 Å². The lowest BCUT2D eigenvalue weighted by Gasteiger charge is -2.21. The Labute approximate surface area is 109 Å². The van der Waals surface area contributed by atoms with Crippen molar-refractivity contribution in [3.8, 4) is 0 Å². The van der Waals surface area contributed by atoms with Gasteiger partial charge in [0, 0.05) is 12.1 Å². The number of hydrogen-bond donors (Lipinski definition) is 1. The van der Waals surface area contributed by atoms with E-state index in [4.69, 9.17) is 0 Å². The number of aromatic nitrogens is 1. The first-order valence-electron chi connectivity index (χ1n) is 6.55. The highest BCUT2D eigenvalue weighted by atomic mass is 19.1. The van der Waals surface area contributed by atoms with E-state index in [-0.39, 0.29) is 11.9 Å². The lowest BCUT2D eigenvalue weighted by Crippen LogP contribution is -2.30. The fraction of sp³-hybridized carbons (Fsp3) is 0.643. The minimum atomic E-state index is -0.287. The highest BCUT2D eigenvalue weighted by Crippen LogP contribution is 2.09. The third-order valence-electron chi connectivity index (χ3n) is 3.21. The molecule has 1 heterocycles. The van der Waals surface area contributed by atoms with E-state index in [0.29, 0.717) is 6.04 Å². The van der Waals surface area contributed by atoms with Crippen LogP contribution in [0.3, 0.4) is 0 Å². The molecule has 1 unspecified atom stereocenters. The molecule has 0 radical (unpaired) electrons. The van der Waals surface area contributed by atoms with Crippen molar-refractivity contribution in [2.75, 3.05) is 20.1 Å². The first kappa shape index (κ1) is 15.1. The SMILES string of the molecule is CC(NCCCN(C)C(C)C)c1ccc(F)cn1. The van der Waals surface area contributed by atoms with Crippen LogP contribution in [0.25, 0.3) is 0 Å². The lowest BCUT2D eigenvalue weighted by atomic mass is 10.2. The third-order valence-corrected chi connectivity index (χ3v) is 3.21. The molecule has 0 amide bonds. The second-order valence-corrected chi connectivity index (χ2v) is 5.01. The third kappa shape index (κ3) is 5.10. The minimum Gasteiger partial charge on any atom is -0.309 e. The first-order valence-corrected chi connectivity index (χ1v) is 6.55. The van der Waals surface area contributed by atoms with Crippen LogP contribution in [0, 0.1) is 5.82 Å². The lowest BCUT2D eigenvalue weighted by molar-refractivity contribution is 0.268. The maximum absolute atomic E-state index is 12.7. The molecule has 0 aliphatic rings. The maximum atomic E-state index is 12.7. The predicted octanol–water partition coefficient (Wildman–Crippen LogP) is 2.60. The van der Waals surface area contributed by atoms with E-state index < -0.39 is 0 Å². The van der Waals surface area contributed by atoms with Gasteiger partial charge in [0.25, 0.3) is 0 Å². The van der Waals surface area contributed by atoms with Gasteiger partial charge in [0.05, 0.1) is 11.9 Å². The van der Waals surface area contributed by atoms with Gasteiger partial charge < -0.3 is 10.2 Å². The molecule has 1 N–H and O–H groups in total. The van der Waals surface area contributed by atoms with E-state index in [2.05, 4.69) is 36.1 Å². The van der Waals surface area contributed by atoms with Gasteiger partial charge in [-0.25, -0.2) is 4.39 Å². The zero-order chi connectivity index (χ0) is 13.5. The van der Waals surface area contributed by atoms with Crippen molar-refractivity contribution >= 4 is 0 Å². The van der Waals surface area contributed by atoms with Crippen LogP contribution in [0.15, 0.2) is 18.3 Å². The monoisotopic (exact) mass is 253 g/mol. The molecule has 0 aromatic carbocycles. The van der Waals surface area contributed by atoms with Crippen LogP contribution in [-0.4, -0.2) is 36.1 Å². The Hall–Kier alpha value is -1.00. The highest BCUT2D eigenvalue weighted by molar-refractivity contribution is 5.08. The maximum Gasteiger partial charge on any atom is 0.141 e. The van der Waals surface area contributed by atoms with Crippen molar-refractivity contribution in [1.29, 1.82) is 0 Å². The van der Waals surface area contributed by atoms with Gasteiger partial charge in [0.1, 0.15) is 5.82 Å². The quantitative estimate of drug-likeness (QED) is 0.757. The summed E-state index contributed by atoms with van der Waals surface area (Å²) in [4.78, 5) is 6.39. The van der Waals surface area contributed by atoms with Crippen LogP contribution in [0.5, 0.6) is 0 Å². The van der Waals surface area contributed by atoms with Crippen molar-refractivity contribution in [3.05, 3.63) is 29.8 Å². The summed E-state index contributed by atoms with van der Waals surface area (Å²) in [5.41, 5.74) is 0.883. The highest BCUT2D eigenvalue weighted by Gasteiger charge is 2.07. The molecular formula is C14H24FN3. The van der Waals surface area contributed by atoms with Crippen LogP contribution in [-0.2, 0) is 0 Å². The molecule has 1 aromatic rings. The Morgan fingerprint density at radius 3 is 2.61 bits per heavy atom. The zero-order valence-corrected chi connectivity index (χ0v) is 11.8. The molecule has 102 valence electrons. The zero-order valence-electron chi connectivity index (χ0n) is 11.8. The molecule has 18 heavy (non-hydrogen) atoms. The standard InChI is InChI=1S/C14H24FN3/c1-11(2)18(4)9-5-8-16-12(3)14-7-6-13(15)10-17-14/h6-7,10-12,16H,5,8-9H2,1-4H3. The van der Waals surface area contributed by atoms with Crippen molar-refractivity contribution < 1.29 is 4.39 Å². The fourth-order valence-electron chi connectivity index (χ4n) is 1.65. The number of nitrogens with zero attached hydrogens (tertiary/aromatic N) is 2. The molecule has 0 aliphatic carbocycles. The van der Waals surface area contributed by atoms with Crippen molar-refractivity contribution in [1.82, 2.24) is 15.2 Å².